The van der Waals surface area contributed by atoms with E-state index in [0.29, 0.717) is 11.7 Å². The van der Waals surface area contributed by atoms with Crippen molar-refractivity contribution in [1.29, 1.82) is 0 Å². The highest BCUT2D eigenvalue weighted by molar-refractivity contribution is 7.99. The zero-order chi connectivity index (χ0) is 13.0. The average Bonchev–Trinajstić information content (AvgIpc) is 2.88. The highest BCUT2D eigenvalue weighted by Gasteiger charge is 2.40. The molecule has 0 aliphatic heterocycles. The lowest BCUT2D eigenvalue weighted by molar-refractivity contribution is -0.148. The van der Waals surface area contributed by atoms with Crippen LogP contribution in [0.3, 0.4) is 0 Å². The van der Waals surface area contributed by atoms with E-state index in [1.54, 1.807) is 18.0 Å². The predicted molar refractivity (Wildman–Crippen MR) is 71.2 cm³/mol. The van der Waals surface area contributed by atoms with Gasteiger partial charge in [0.05, 0.1) is 19.1 Å². The molecule has 1 aliphatic carbocycles. The van der Waals surface area contributed by atoms with Gasteiger partial charge >= 0.3 is 5.97 Å². The highest BCUT2D eigenvalue weighted by Crippen LogP contribution is 2.35. The number of rotatable bonds is 4. The van der Waals surface area contributed by atoms with Crippen LogP contribution >= 0.6 is 11.8 Å². The number of esters is 1. The van der Waals surface area contributed by atoms with Crippen LogP contribution in [0, 0.1) is 0 Å². The SMILES string of the molecule is COC(=O)C1(N)CCCC(SCc2ccco2)C1. The van der Waals surface area contributed by atoms with Crippen molar-refractivity contribution in [1.82, 2.24) is 0 Å². The van der Waals surface area contributed by atoms with Crippen molar-refractivity contribution in [2.75, 3.05) is 7.11 Å². The Morgan fingerprint density at radius 2 is 2.56 bits per heavy atom. The summed E-state index contributed by atoms with van der Waals surface area (Å²) in [5, 5.41) is 0.396. The molecule has 0 amide bonds. The second-order valence-electron chi connectivity index (χ2n) is 4.76. The van der Waals surface area contributed by atoms with E-state index < -0.39 is 5.54 Å². The van der Waals surface area contributed by atoms with Gasteiger partial charge in [0.25, 0.3) is 0 Å². The molecule has 100 valence electrons. The molecule has 1 saturated carbocycles. The van der Waals surface area contributed by atoms with Crippen LogP contribution in [0.4, 0.5) is 0 Å². The number of ether oxygens (including phenoxy) is 1. The largest absolute Gasteiger partial charge is 0.468 e. The molecule has 0 bridgehead atoms. The van der Waals surface area contributed by atoms with Crippen LogP contribution in [0.2, 0.25) is 0 Å². The monoisotopic (exact) mass is 269 g/mol. The summed E-state index contributed by atoms with van der Waals surface area (Å²) >= 11 is 1.80. The van der Waals surface area contributed by atoms with Crippen molar-refractivity contribution in [2.24, 2.45) is 5.73 Å². The first kappa shape index (κ1) is 13.5. The maximum absolute atomic E-state index is 11.7. The van der Waals surface area contributed by atoms with Gasteiger partial charge in [0.1, 0.15) is 11.3 Å². The van der Waals surface area contributed by atoms with E-state index in [1.807, 2.05) is 12.1 Å². The summed E-state index contributed by atoms with van der Waals surface area (Å²) in [6, 6.07) is 3.85. The van der Waals surface area contributed by atoms with E-state index in [4.69, 9.17) is 14.9 Å². The first-order chi connectivity index (χ1) is 8.64. The third kappa shape index (κ3) is 3.09. The molecule has 2 atom stereocenters. The summed E-state index contributed by atoms with van der Waals surface area (Å²) in [6.07, 6.45) is 5.16. The topological polar surface area (TPSA) is 65.5 Å². The van der Waals surface area contributed by atoms with Crippen molar-refractivity contribution in [2.45, 2.75) is 42.2 Å². The van der Waals surface area contributed by atoms with E-state index in [9.17, 15) is 4.79 Å². The van der Waals surface area contributed by atoms with Crippen molar-refractivity contribution < 1.29 is 13.9 Å². The van der Waals surface area contributed by atoms with Crippen LogP contribution in [-0.4, -0.2) is 23.9 Å². The molecule has 1 aromatic rings. The number of furan rings is 1. The molecular weight excluding hydrogens is 250 g/mol. The summed E-state index contributed by atoms with van der Waals surface area (Å²) < 4.78 is 10.1. The average molecular weight is 269 g/mol. The van der Waals surface area contributed by atoms with Crippen LogP contribution in [0.1, 0.15) is 31.4 Å². The zero-order valence-electron chi connectivity index (χ0n) is 10.6. The normalized spacial score (nSPS) is 28.0. The molecule has 0 saturated heterocycles. The van der Waals surface area contributed by atoms with E-state index in [2.05, 4.69) is 0 Å². The minimum atomic E-state index is -0.798. The van der Waals surface area contributed by atoms with Crippen molar-refractivity contribution in [3.05, 3.63) is 24.2 Å². The molecule has 5 heteroatoms. The van der Waals surface area contributed by atoms with Crippen LogP contribution in [-0.2, 0) is 15.3 Å². The van der Waals surface area contributed by atoms with Gasteiger partial charge in [-0.25, -0.2) is 0 Å². The smallest absolute Gasteiger partial charge is 0.325 e. The zero-order valence-corrected chi connectivity index (χ0v) is 11.4. The molecule has 2 unspecified atom stereocenters. The molecular formula is C13H19NO3S. The van der Waals surface area contributed by atoms with Gasteiger partial charge in [0.15, 0.2) is 0 Å². The second kappa shape index (κ2) is 5.80. The molecule has 1 fully saturated rings. The fourth-order valence-corrected chi connectivity index (χ4v) is 3.69. The van der Waals surface area contributed by atoms with Crippen molar-refractivity contribution in [3.8, 4) is 0 Å². The second-order valence-corrected chi connectivity index (χ2v) is 6.05. The van der Waals surface area contributed by atoms with E-state index >= 15 is 0 Å². The number of carbonyl (C=O) groups excluding carboxylic acids is 1. The van der Waals surface area contributed by atoms with Gasteiger partial charge < -0.3 is 14.9 Å². The molecule has 4 nitrogen and oxygen atoms in total. The Bertz CT molecular complexity index is 393. The predicted octanol–water partition coefficient (Wildman–Crippen LogP) is 2.33. The fourth-order valence-electron chi connectivity index (χ4n) is 2.38. The minimum absolute atomic E-state index is 0.286. The van der Waals surface area contributed by atoms with Crippen molar-refractivity contribution in [3.63, 3.8) is 0 Å². The first-order valence-electron chi connectivity index (χ1n) is 6.15. The molecule has 18 heavy (non-hydrogen) atoms. The van der Waals surface area contributed by atoms with Gasteiger partial charge in [-0.15, -0.1) is 0 Å². The number of methoxy groups -OCH3 is 1. The Morgan fingerprint density at radius 1 is 1.72 bits per heavy atom. The molecule has 1 heterocycles. The third-order valence-electron chi connectivity index (χ3n) is 3.37. The Hall–Kier alpha value is -0.940. The van der Waals surface area contributed by atoms with Crippen molar-refractivity contribution >= 4 is 17.7 Å². The summed E-state index contributed by atoms with van der Waals surface area (Å²) in [5.74, 6) is 1.51. The molecule has 0 spiro atoms. The summed E-state index contributed by atoms with van der Waals surface area (Å²) in [6.45, 7) is 0. The first-order valence-corrected chi connectivity index (χ1v) is 7.20. The van der Waals surface area contributed by atoms with Gasteiger partial charge in [-0.1, -0.05) is 0 Å². The number of hydrogen-bond donors (Lipinski definition) is 1. The Morgan fingerprint density at radius 3 is 3.22 bits per heavy atom. The van der Waals surface area contributed by atoms with Gasteiger partial charge in [0, 0.05) is 5.25 Å². The number of hydrogen-bond acceptors (Lipinski definition) is 5. The molecule has 1 aromatic heterocycles. The summed E-state index contributed by atoms with van der Waals surface area (Å²) in [4.78, 5) is 11.7. The van der Waals surface area contributed by atoms with E-state index in [0.717, 1.165) is 30.8 Å². The molecule has 1 aliphatic rings. The lowest BCUT2D eigenvalue weighted by Crippen LogP contribution is -2.52. The highest BCUT2D eigenvalue weighted by atomic mass is 32.2. The Labute approximate surface area is 111 Å². The molecule has 0 aromatic carbocycles. The van der Waals surface area contributed by atoms with E-state index in [1.165, 1.54) is 7.11 Å². The van der Waals surface area contributed by atoms with Crippen LogP contribution in [0.15, 0.2) is 22.8 Å². The standard InChI is InChI=1S/C13H19NO3S/c1-16-12(15)13(14)6-2-5-11(8-13)18-9-10-4-3-7-17-10/h3-4,7,11H,2,5-6,8-9,14H2,1H3. The lowest BCUT2D eigenvalue weighted by Gasteiger charge is -2.35. The number of thioether (sulfide) groups is 1. The van der Waals surface area contributed by atoms with Crippen LogP contribution < -0.4 is 5.73 Å². The van der Waals surface area contributed by atoms with Crippen LogP contribution in [0.25, 0.3) is 0 Å². The molecule has 2 rings (SSSR count). The van der Waals surface area contributed by atoms with Gasteiger partial charge in [-0.3, -0.25) is 4.79 Å². The number of carbonyl (C=O) groups is 1. The summed E-state index contributed by atoms with van der Waals surface area (Å²) in [7, 11) is 1.40. The fraction of sp³-hybridized carbons (Fsp3) is 0.615. The van der Waals surface area contributed by atoms with Gasteiger partial charge in [0.2, 0.25) is 0 Å². The van der Waals surface area contributed by atoms with E-state index in [-0.39, 0.29) is 5.97 Å². The van der Waals surface area contributed by atoms with Gasteiger partial charge in [-0.05, 0) is 37.8 Å². The molecule has 2 N–H and O–H groups in total. The Kier molecular flexibility index (Phi) is 4.35. The maximum Gasteiger partial charge on any atom is 0.325 e. The lowest BCUT2D eigenvalue weighted by atomic mass is 9.82. The third-order valence-corrected chi connectivity index (χ3v) is 4.70. The maximum atomic E-state index is 11.7. The number of nitrogens with two attached hydrogens (primary N) is 1. The Balaban J connectivity index is 1.88. The minimum Gasteiger partial charge on any atom is -0.468 e. The quantitative estimate of drug-likeness (QED) is 0.850. The molecule has 0 radical (unpaired) electrons. The summed E-state index contributed by atoms with van der Waals surface area (Å²) in [5.41, 5.74) is 5.34. The van der Waals surface area contributed by atoms with Gasteiger partial charge in [-0.2, -0.15) is 11.8 Å². The van der Waals surface area contributed by atoms with Crippen LogP contribution in [0.5, 0.6) is 0 Å².